The van der Waals surface area contributed by atoms with Crippen molar-refractivity contribution in [3.63, 3.8) is 0 Å². The highest BCUT2D eigenvalue weighted by molar-refractivity contribution is 8.03. The SMILES string of the molecule is COC(=C=O)CCC=C1SC[C@H]2[C@@H]1N(Cc1ccccc1)C(=O)N2Cc1ccccc1. The number of methoxy groups -OCH3 is 1. The second-order valence-electron chi connectivity index (χ2n) is 7.71. The van der Waals surface area contributed by atoms with E-state index in [1.165, 1.54) is 12.0 Å². The number of rotatable bonds is 8. The van der Waals surface area contributed by atoms with E-state index in [1.54, 1.807) is 0 Å². The van der Waals surface area contributed by atoms with E-state index < -0.39 is 0 Å². The maximum atomic E-state index is 13.5. The highest BCUT2D eigenvalue weighted by atomic mass is 32.2. The number of urea groups is 1. The molecule has 5 nitrogen and oxygen atoms in total. The van der Waals surface area contributed by atoms with E-state index in [0.29, 0.717) is 31.7 Å². The third kappa shape index (κ3) is 4.71. The lowest BCUT2D eigenvalue weighted by atomic mass is 10.1. The Balaban J connectivity index is 1.58. The zero-order chi connectivity index (χ0) is 21.6. The fraction of sp³-hybridized carbons (Fsp3) is 0.320. The number of nitrogens with zero attached hydrogens (tertiary/aromatic N) is 2. The summed E-state index contributed by atoms with van der Waals surface area (Å²) in [5.41, 5.74) is 2.26. The molecular formula is C25H26N2O3S. The zero-order valence-electron chi connectivity index (χ0n) is 17.6. The summed E-state index contributed by atoms with van der Waals surface area (Å²) in [5.74, 6) is 3.04. The minimum atomic E-state index is 0.0348. The van der Waals surface area contributed by atoms with Crippen LogP contribution in [-0.2, 0) is 22.6 Å². The van der Waals surface area contributed by atoms with Crippen LogP contribution in [0.25, 0.3) is 0 Å². The van der Waals surface area contributed by atoms with E-state index in [0.717, 1.165) is 16.9 Å². The van der Waals surface area contributed by atoms with E-state index in [9.17, 15) is 9.59 Å². The van der Waals surface area contributed by atoms with Gasteiger partial charge in [-0.05, 0) is 17.5 Å². The number of carbonyl (C=O) groups is 1. The summed E-state index contributed by atoms with van der Waals surface area (Å²) < 4.78 is 5.04. The number of amides is 2. The number of hydrogen-bond donors (Lipinski definition) is 0. The van der Waals surface area contributed by atoms with Crippen molar-refractivity contribution < 1.29 is 14.3 Å². The number of hydrogen-bond acceptors (Lipinski definition) is 4. The molecule has 2 fully saturated rings. The number of fused-ring (bicyclic) bond motifs is 1. The Hall–Kier alpha value is -2.95. The number of carbonyl (C=O) groups excluding carboxylic acids is 2. The normalized spacial score (nSPS) is 21.3. The molecule has 2 heterocycles. The minimum Gasteiger partial charge on any atom is -0.490 e. The first kappa shape index (κ1) is 21.3. The molecule has 0 N–H and O–H groups in total. The number of benzene rings is 2. The first-order chi connectivity index (χ1) is 15.2. The largest absolute Gasteiger partial charge is 0.490 e. The third-order valence-electron chi connectivity index (χ3n) is 5.77. The lowest BCUT2D eigenvalue weighted by Gasteiger charge is -2.23. The van der Waals surface area contributed by atoms with Gasteiger partial charge in [0.2, 0.25) is 0 Å². The summed E-state index contributed by atoms with van der Waals surface area (Å²) in [6, 6.07) is 20.5. The summed E-state index contributed by atoms with van der Waals surface area (Å²) in [4.78, 5) is 29.6. The lowest BCUT2D eigenvalue weighted by Crippen LogP contribution is -2.35. The van der Waals surface area contributed by atoms with Gasteiger partial charge in [-0.2, -0.15) is 0 Å². The standard InChI is InChI=1S/C25H26N2O3S/c1-30-21(17-28)13-8-14-23-24-22(18-31-23)26(15-19-9-4-2-5-10-19)25(29)27(24)16-20-11-6-3-7-12-20/h2-7,9-12,14,22,24H,8,13,15-16,18H2,1H3/t22-,24-/m0/s1. The van der Waals surface area contributed by atoms with Crippen LogP contribution >= 0.6 is 11.8 Å². The predicted molar refractivity (Wildman–Crippen MR) is 123 cm³/mol. The quantitative estimate of drug-likeness (QED) is 0.345. The maximum Gasteiger partial charge on any atom is 0.321 e. The van der Waals surface area contributed by atoms with Crippen LogP contribution < -0.4 is 0 Å². The van der Waals surface area contributed by atoms with Crippen LogP contribution in [0.3, 0.4) is 0 Å². The monoisotopic (exact) mass is 434 g/mol. The Labute approximate surface area is 187 Å². The van der Waals surface area contributed by atoms with Crippen LogP contribution in [0.2, 0.25) is 0 Å². The maximum absolute atomic E-state index is 13.5. The average molecular weight is 435 g/mol. The molecular weight excluding hydrogens is 408 g/mol. The first-order valence-corrected chi connectivity index (χ1v) is 11.5. The average Bonchev–Trinajstić information content (AvgIpc) is 3.33. The molecule has 2 aliphatic heterocycles. The van der Waals surface area contributed by atoms with Crippen molar-refractivity contribution in [3.05, 3.63) is 88.5 Å². The molecule has 0 spiro atoms. The molecule has 0 aromatic heterocycles. The molecule has 160 valence electrons. The van der Waals surface area contributed by atoms with Gasteiger partial charge in [-0.3, -0.25) is 0 Å². The van der Waals surface area contributed by atoms with Gasteiger partial charge in [-0.15, -0.1) is 11.8 Å². The molecule has 0 unspecified atom stereocenters. The molecule has 4 rings (SSSR count). The first-order valence-electron chi connectivity index (χ1n) is 10.5. The molecule has 2 atom stereocenters. The molecule has 0 radical (unpaired) electrons. The van der Waals surface area contributed by atoms with Gasteiger partial charge in [0.15, 0.2) is 11.7 Å². The van der Waals surface area contributed by atoms with Gasteiger partial charge in [0.25, 0.3) is 0 Å². The molecule has 2 aliphatic rings. The minimum absolute atomic E-state index is 0.0348. The van der Waals surface area contributed by atoms with E-state index in [-0.39, 0.29) is 18.1 Å². The number of thioether (sulfide) groups is 1. The number of allylic oxidation sites excluding steroid dienone is 2. The van der Waals surface area contributed by atoms with Crippen molar-refractivity contribution in [1.82, 2.24) is 9.80 Å². The second-order valence-corrected chi connectivity index (χ2v) is 8.80. The zero-order valence-corrected chi connectivity index (χ0v) is 18.4. The van der Waals surface area contributed by atoms with E-state index in [2.05, 4.69) is 30.3 Å². The van der Waals surface area contributed by atoms with E-state index >= 15 is 0 Å². The Bertz CT molecular complexity index is 986. The van der Waals surface area contributed by atoms with Gasteiger partial charge in [0.1, 0.15) is 0 Å². The molecule has 2 saturated heterocycles. The predicted octanol–water partition coefficient (Wildman–Crippen LogP) is 4.63. The highest BCUT2D eigenvalue weighted by Crippen LogP contribution is 2.43. The Morgan fingerprint density at radius 2 is 1.68 bits per heavy atom. The summed E-state index contributed by atoms with van der Waals surface area (Å²) in [6.45, 7) is 1.20. The van der Waals surface area contributed by atoms with Crippen LogP contribution in [0.4, 0.5) is 4.79 Å². The Morgan fingerprint density at radius 3 is 2.26 bits per heavy atom. The van der Waals surface area contributed by atoms with Crippen LogP contribution in [0, 0.1) is 0 Å². The van der Waals surface area contributed by atoms with Gasteiger partial charge < -0.3 is 14.5 Å². The van der Waals surface area contributed by atoms with Gasteiger partial charge in [-0.1, -0.05) is 66.7 Å². The van der Waals surface area contributed by atoms with Crippen molar-refractivity contribution in [2.45, 2.75) is 38.0 Å². The third-order valence-corrected chi connectivity index (χ3v) is 7.02. The van der Waals surface area contributed by atoms with Crippen molar-refractivity contribution in [2.24, 2.45) is 0 Å². The van der Waals surface area contributed by atoms with Crippen molar-refractivity contribution in [2.75, 3.05) is 12.9 Å². The van der Waals surface area contributed by atoms with Crippen LogP contribution in [0.15, 0.2) is 77.4 Å². The van der Waals surface area contributed by atoms with Gasteiger partial charge in [0, 0.05) is 30.2 Å². The van der Waals surface area contributed by atoms with Crippen molar-refractivity contribution in [3.8, 4) is 0 Å². The summed E-state index contributed by atoms with van der Waals surface area (Å²) in [6.07, 6.45) is 3.36. The van der Waals surface area contributed by atoms with Crippen LogP contribution in [0.5, 0.6) is 0 Å². The molecule has 2 aromatic rings. The lowest BCUT2D eigenvalue weighted by molar-refractivity contribution is 0.183. The summed E-state index contributed by atoms with van der Waals surface area (Å²) in [5, 5.41) is 0. The van der Waals surface area contributed by atoms with Crippen molar-refractivity contribution >= 4 is 23.7 Å². The fourth-order valence-electron chi connectivity index (χ4n) is 4.23. The number of ether oxygens (including phenoxy) is 1. The molecule has 2 amide bonds. The topological polar surface area (TPSA) is 49.9 Å². The summed E-state index contributed by atoms with van der Waals surface area (Å²) in [7, 11) is 1.49. The molecule has 0 bridgehead atoms. The van der Waals surface area contributed by atoms with E-state index in [1.807, 2.05) is 63.9 Å². The molecule has 0 aliphatic carbocycles. The van der Waals surface area contributed by atoms with Crippen LogP contribution in [0.1, 0.15) is 24.0 Å². The molecule has 0 saturated carbocycles. The van der Waals surface area contributed by atoms with Crippen LogP contribution in [-0.4, -0.2) is 46.7 Å². The van der Waals surface area contributed by atoms with E-state index in [4.69, 9.17) is 4.74 Å². The van der Waals surface area contributed by atoms with Gasteiger partial charge in [-0.25, -0.2) is 9.59 Å². The molecule has 6 heteroatoms. The highest BCUT2D eigenvalue weighted by Gasteiger charge is 2.50. The second kappa shape index (κ2) is 9.90. The molecule has 31 heavy (non-hydrogen) atoms. The summed E-state index contributed by atoms with van der Waals surface area (Å²) >= 11 is 1.81. The van der Waals surface area contributed by atoms with Crippen molar-refractivity contribution in [1.29, 1.82) is 0 Å². The Morgan fingerprint density at radius 1 is 1.06 bits per heavy atom. The van der Waals surface area contributed by atoms with Gasteiger partial charge >= 0.3 is 6.03 Å². The molecule has 2 aromatic carbocycles. The fourth-order valence-corrected chi connectivity index (χ4v) is 5.64. The Kier molecular flexibility index (Phi) is 6.80. The smallest absolute Gasteiger partial charge is 0.321 e. The van der Waals surface area contributed by atoms with Gasteiger partial charge in [0.05, 0.1) is 19.2 Å².